The molecule has 1 atom stereocenters. The SMILES string of the molecule is CCc1nc(-c2cncnc2C2CCCN(C(=O)C3CCC3)C2)no1. The third-order valence-corrected chi connectivity index (χ3v) is 5.33. The lowest BCUT2D eigenvalue weighted by Crippen LogP contribution is -2.44. The van der Waals surface area contributed by atoms with Crippen molar-refractivity contribution in [1.29, 1.82) is 0 Å². The molecule has 132 valence electrons. The molecule has 2 aromatic heterocycles. The zero-order valence-corrected chi connectivity index (χ0v) is 14.5. The molecule has 1 saturated heterocycles. The van der Waals surface area contributed by atoms with Crippen molar-refractivity contribution >= 4 is 5.91 Å². The molecule has 1 unspecified atom stereocenters. The van der Waals surface area contributed by atoms with Gasteiger partial charge in [-0.25, -0.2) is 9.97 Å². The summed E-state index contributed by atoms with van der Waals surface area (Å²) >= 11 is 0. The molecule has 2 aliphatic rings. The first-order chi connectivity index (χ1) is 12.3. The third kappa shape index (κ3) is 3.15. The predicted octanol–water partition coefficient (Wildman–Crippen LogP) is 2.60. The van der Waals surface area contributed by atoms with Crippen LogP contribution < -0.4 is 0 Å². The molecular formula is C18H23N5O2. The van der Waals surface area contributed by atoms with E-state index >= 15 is 0 Å². The van der Waals surface area contributed by atoms with Gasteiger partial charge in [-0.15, -0.1) is 0 Å². The molecule has 0 spiro atoms. The Kier molecular flexibility index (Phi) is 4.46. The number of hydrogen-bond acceptors (Lipinski definition) is 6. The van der Waals surface area contributed by atoms with Crippen LogP contribution in [-0.2, 0) is 11.2 Å². The Morgan fingerprint density at radius 1 is 1.32 bits per heavy atom. The molecule has 1 amide bonds. The van der Waals surface area contributed by atoms with Crippen LogP contribution in [0.1, 0.15) is 56.5 Å². The first-order valence-corrected chi connectivity index (χ1v) is 9.18. The number of carbonyl (C=O) groups excluding carboxylic acids is 1. The lowest BCUT2D eigenvalue weighted by atomic mass is 9.83. The largest absolute Gasteiger partial charge is 0.342 e. The van der Waals surface area contributed by atoms with Crippen molar-refractivity contribution in [2.75, 3.05) is 13.1 Å². The van der Waals surface area contributed by atoms with Crippen molar-refractivity contribution in [3.63, 3.8) is 0 Å². The fourth-order valence-corrected chi connectivity index (χ4v) is 3.66. The van der Waals surface area contributed by atoms with Gasteiger partial charge in [0.2, 0.25) is 17.6 Å². The van der Waals surface area contributed by atoms with E-state index in [1.807, 2.05) is 11.8 Å². The van der Waals surface area contributed by atoms with Gasteiger partial charge in [0.05, 0.1) is 11.3 Å². The van der Waals surface area contributed by atoms with Crippen LogP contribution in [0, 0.1) is 5.92 Å². The highest BCUT2D eigenvalue weighted by atomic mass is 16.5. The van der Waals surface area contributed by atoms with Crippen molar-refractivity contribution in [2.45, 2.75) is 51.4 Å². The molecule has 0 aromatic carbocycles. The minimum absolute atomic E-state index is 0.194. The van der Waals surface area contributed by atoms with E-state index in [9.17, 15) is 4.79 Å². The molecule has 7 nitrogen and oxygen atoms in total. The Hall–Kier alpha value is -2.31. The Morgan fingerprint density at radius 3 is 2.92 bits per heavy atom. The van der Waals surface area contributed by atoms with Crippen LogP contribution in [0.25, 0.3) is 11.4 Å². The first kappa shape index (κ1) is 16.2. The van der Waals surface area contributed by atoms with Gasteiger partial charge in [-0.1, -0.05) is 18.5 Å². The quantitative estimate of drug-likeness (QED) is 0.850. The summed E-state index contributed by atoms with van der Waals surface area (Å²) in [6, 6.07) is 0. The number of amides is 1. The molecule has 1 saturated carbocycles. The molecule has 7 heteroatoms. The number of carbonyl (C=O) groups is 1. The van der Waals surface area contributed by atoms with E-state index in [1.165, 1.54) is 6.42 Å². The summed E-state index contributed by atoms with van der Waals surface area (Å²) in [5.41, 5.74) is 1.73. The van der Waals surface area contributed by atoms with Gasteiger partial charge in [0.15, 0.2) is 0 Å². The van der Waals surface area contributed by atoms with Gasteiger partial charge < -0.3 is 9.42 Å². The monoisotopic (exact) mass is 341 g/mol. The van der Waals surface area contributed by atoms with Crippen LogP contribution >= 0.6 is 0 Å². The Bertz CT molecular complexity index is 755. The summed E-state index contributed by atoms with van der Waals surface area (Å²) in [4.78, 5) is 27.7. The second-order valence-electron chi connectivity index (χ2n) is 6.94. The van der Waals surface area contributed by atoms with Crippen molar-refractivity contribution in [1.82, 2.24) is 25.0 Å². The molecule has 2 aromatic rings. The zero-order chi connectivity index (χ0) is 17.2. The normalized spacial score (nSPS) is 21.2. The van der Waals surface area contributed by atoms with Crippen molar-refractivity contribution in [2.24, 2.45) is 5.92 Å². The smallest absolute Gasteiger partial charge is 0.226 e. The van der Waals surface area contributed by atoms with Crippen molar-refractivity contribution in [3.8, 4) is 11.4 Å². The van der Waals surface area contributed by atoms with Crippen LogP contribution in [0.15, 0.2) is 17.0 Å². The highest BCUT2D eigenvalue weighted by Crippen LogP contribution is 2.34. The third-order valence-electron chi connectivity index (χ3n) is 5.33. The summed E-state index contributed by atoms with van der Waals surface area (Å²) in [7, 11) is 0. The molecule has 1 aliphatic heterocycles. The second kappa shape index (κ2) is 6.90. The van der Waals surface area contributed by atoms with Gasteiger partial charge in [-0.2, -0.15) is 4.98 Å². The van der Waals surface area contributed by atoms with Gasteiger partial charge in [-0.05, 0) is 25.7 Å². The number of piperidine rings is 1. The summed E-state index contributed by atoms with van der Waals surface area (Å²) < 4.78 is 5.24. The maximum atomic E-state index is 12.6. The van der Waals surface area contributed by atoms with E-state index in [2.05, 4.69) is 20.1 Å². The highest BCUT2D eigenvalue weighted by molar-refractivity contribution is 5.79. The standard InChI is InChI=1S/C18H23N5O2/c1-2-15-21-17(22-25-15)14-9-19-11-20-16(14)13-7-4-8-23(10-13)18(24)12-5-3-6-12/h9,11-13H,2-8,10H2,1H3. The molecule has 0 bridgehead atoms. The zero-order valence-electron chi connectivity index (χ0n) is 14.5. The summed E-state index contributed by atoms with van der Waals surface area (Å²) in [5.74, 6) is 1.90. The van der Waals surface area contributed by atoms with Crippen LogP contribution in [0.4, 0.5) is 0 Å². The number of rotatable bonds is 4. The number of hydrogen-bond donors (Lipinski definition) is 0. The number of aryl methyl sites for hydroxylation is 1. The van der Waals surface area contributed by atoms with Crippen LogP contribution in [-0.4, -0.2) is 44.0 Å². The number of aromatic nitrogens is 4. The summed E-state index contributed by atoms with van der Waals surface area (Å²) in [6.45, 7) is 3.55. The average molecular weight is 341 g/mol. The van der Waals surface area contributed by atoms with Crippen molar-refractivity contribution in [3.05, 3.63) is 24.1 Å². The van der Waals surface area contributed by atoms with E-state index in [0.717, 1.165) is 50.0 Å². The van der Waals surface area contributed by atoms with E-state index in [4.69, 9.17) is 4.52 Å². The van der Waals surface area contributed by atoms with Crippen LogP contribution in [0.5, 0.6) is 0 Å². The lowest BCUT2D eigenvalue weighted by molar-refractivity contribution is -0.139. The minimum Gasteiger partial charge on any atom is -0.342 e. The van der Waals surface area contributed by atoms with Crippen molar-refractivity contribution < 1.29 is 9.32 Å². The maximum Gasteiger partial charge on any atom is 0.226 e. The Morgan fingerprint density at radius 2 is 2.20 bits per heavy atom. The molecule has 4 rings (SSSR count). The first-order valence-electron chi connectivity index (χ1n) is 9.18. The average Bonchev–Trinajstić information content (AvgIpc) is 3.09. The predicted molar refractivity (Wildman–Crippen MR) is 90.6 cm³/mol. The van der Waals surface area contributed by atoms with Gasteiger partial charge in [-0.3, -0.25) is 4.79 Å². The van der Waals surface area contributed by atoms with Gasteiger partial charge in [0.25, 0.3) is 0 Å². The Labute approximate surface area is 146 Å². The van der Waals surface area contributed by atoms with E-state index < -0.39 is 0 Å². The molecule has 0 N–H and O–H groups in total. The number of nitrogens with zero attached hydrogens (tertiary/aromatic N) is 5. The number of likely N-dealkylation sites (tertiary alicyclic amines) is 1. The van der Waals surface area contributed by atoms with E-state index in [-0.39, 0.29) is 11.8 Å². The topological polar surface area (TPSA) is 85.0 Å². The second-order valence-corrected chi connectivity index (χ2v) is 6.94. The van der Waals surface area contributed by atoms with E-state index in [0.29, 0.717) is 24.0 Å². The molecule has 3 heterocycles. The maximum absolute atomic E-state index is 12.6. The minimum atomic E-state index is 0.194. The molecule has 0 radical (unpaired) electrons. The van der Waals surface area contributed by atoms with Gasteiger partial charge in [0.1, 0.15) is 6.33 Å². The fraction of sp³-hybridized carbons (Fsp3) is 0.611. The fourth-order valence-electron chi connectivity index (χ4n) is 3.66. The summed E-state index contributed by atoms with van der Waals surface area (Å²) in [6.07, 6.45) is 9.29. The van der Waals surface area contributed by atoms with Gasteiger partial charge in [0, 0.05) is 37.5 Å². The molecule has 25 heavy (non-hydrogen) atoms. The Balaban J connectivity index is 1.57. The lowest BCUT2D eigenvalue weighted by Gasteiger charge is -2.37. The van der Waals surface area contributed by atoms with Gasteiger partial charge >= 0.3 is 0 Å². The van der Waals surface area contributed by atoms with Crippen LogP contribution in [0.3, 0.4) is 0 Å². The molecular weight excluding hydrogens is 318 g/mol. The highest BCUT2D eigenvalue weighted by Gasteiger charge is 2.33. The molecule has 2 fully saturated rings. The molecule has 1 aliphatic carbocycles. The van der Waals surface area contributed by atoms with E-state index in [1.54, 1.807) is 12.5 Å². The summed E-state index contributed by atoms with van der Waals surface area (Å²) in [5, 5.41) is 4.07. The van der Waals surface area contributed by atoms with Crippen LogP contribution in [0.2, 0.25) is 0 Å².